The molecule has 2 heterocycles. The maximum atomic E-state index is 4.30. The van der Waals surface area contributed by atoms with Gasteiger partial charge in [0.25, 0.3) is 0 Å². The highest BCUT2D eigenvalue weighted by atomic mass is 32.1. The van der Waals surface area contributed by atoms with Gasteiger partial charge in [0.2, 0.25) is 0 Å². The predicted molar refractivity (Wildman–Crippen MR) is 64.1 cm³/mol. The van der Waals surface area contributed by atoms with E-state index in [2.05, 4.69) is 34.1 Å². The first-order valence-electron chi connectivity index (χ1n) is 5.16. The van der Waals surface area contributed by atoms with Crippen LogP contribution in [0.25, 0.3) is 0 Å². The Labute approximate surface area is 98.8 Å². The van der Waals surface area contributed by atoms with E-state index < -0.39 is 0 Å². The Hall–Kier alpha value is -1.33. The normalized spacial score (nSPS) is 12.6. The van der Waals surface area contributed by atoms with Gasteiger partial charge in [-0.3, -0.25) is 9.97 Å². The van der Waals surface area contributed by atoms with E-state index in [0.717, 1.165) is 17.2 Å². The molecule has 0 bridgehead atoms. The van der Waals surface area contributed by atoms with Gasteiger partial charge in [-0.2, -0.15) is 0 Å². The molecule has 84 valence electrons. The Balaban J connectivity index is 1.91. The molecule has 2 aromatic rings. The van der Waals surface area contributed by atoms with E-state index in [1.165, 1.54) is 4.88 Å². The summed E-state index contributed by atoms with van der Waals surface area (Å²) in [4.78, 5) is 13.8. The molecule has 0 saturated heterocycles. The first kappa shape index (κ1) is 11.2. The van der Waals surface area contributed by atoms with E-state index in [1.54, 1.807) is 29.9 Å². The van der Waals surface area contributed by atoms with Crippen LogP contribution in [-0.4, -0.2) is 15.0 Å². The van der Waals surface area contributed by atoms with E-state index in [4.69, 9.17) is 0 Å². The molecular weight excluding hydrogens is 220 g/mol. The monoisotopic (exact) mass is 234 g/mol. The fourth-order valence-electron chi connectivity index (χ4n) is 1.36. The van der Waals surface area contributed by atoms with Crippen molar-refractivity contribution in [3.05, 3.63) is 40.4 Å². The average Bonchev–Trinajstić information content (AvgIpc) is 2.73. The van der Waals surface area contributed by atoms with Crippen molar-refractivity contribution in [1.29, 1.82) is 0 Å². The topological polar surface area (TPSA) is 50.7 Å². The molecule has 1 unspecified atom stereocenters. The van der Waals surface area contributed by atoms with Crippen LogP contribution in [0.15, 0.2) is 24.8 Å². The summed E-state index contributed by atoms with van der Waals surface area (Å²) >= 11 is 1.72. The van der Waals surface area contributed by atoms with Gasteiger partial charge >= 0.3 is 0 Å². The smallest absolute Gasteiger partial charge is 0.107 e. The Bertz CT molecular complexity index is 440. The molecule has 0 aliphatic rings. The highest BCUT2D eigenvalue weighted by molar-refractivity contribution is 7.11. The summed E-state index contributed by atoms with van der Waals surface area (Å²) in [5.74, 6) is 0. The summed E-state index contributed by atoms with van der Waals surface area (Å²) in [6.07, 6.45) is 7.07. The number of nitrogens with zero attached hydrogens (tertiary/aromatic N) is 3. The number of hydrogen-bond acceptors (Lipinski definition) is 5. The molecule has 0 amide bonds. The quantitative estimate of drug-likeness (QED) is 0.880. The molecule has 0 aliphatic carbocycles. The lowest BCUT2D eigenvalue weighted by molar-refractivity contribution is 0.558. The minimum atomic E-state index is 0.193. The number of aryl methyl sites for hydroxylation is 1. The van der Waals surface area contributed by atoms with Crippen LogP contribution >= 0.6 is 11.3 Å². The maximum absolute atomic E-state index is 4.30. The highest BCUT2D eigenvalue weighted by Gasteiger charge is 2.07. The molecule has 1 N–H and O–H groups in total. The molecule has 1 atom stereocenters. The van der Waals surface area contributed by atoms with E-state index >= 15 is 0 Å². The summed E-state index contributed by atoms with van der Waals surface area (Å²) in [5.41, 5.74) is 0.954. The first-order valence-corrected chi connectivity index (χ1v) is 5.98. The van der Waals surface area contributed by atoms with E-state index in [1.807, 2.05) is 6.20 Å². The van der Waals surface area contributed by atoms with E-state index in [0.29, 0.717) is 0 Å². The Morgan fingerprint density at radius 1 is 1.31 bits per heavy atom. The van der Waals surface area contributed by atoms with Crippen LogP contribution in [0, 0.1) is 6.92 Å². The van der Waals surface area contributed by atoms with Crippen LogP contribution in [-0.2, 0) is 6.54 Å². The molecule has 2 rings (SSSR count). The molecule has 0 saturated carbocycles. The second kappa shape index (κ2) is 5.14. The van der Waals surface area contributed by atoms with E-state index in [9.17, 15) is 0 Å². The third kappa shape index (κ3) is 2.84. The van der Waals surface area contributed by atoms with Crippen LogP contribution in [0.3, 0.4) is 0 Å². The van der Waals surface area contributed by atoms with Crippen LogP contribution in [0.4, 0.5) is 0 Å². The van der Waals surface area contributed by atoms with Gasteiger partial charge in [0, 0.05) is 42.3 Å². The number of hydrogen-bond donors (Lipinski definition) is 1. The lowest BCUT2D eigenvalue weighted by Gasteiger charge is -2.10. The fourth-order valence-corrected chi connectivity index (χ4v) is 2.10. The van der Waals surface area contributed by atoms with Crippen molar-refractivity contribution in [3.8, 4) is 0 Å². The lowest BCUT2D eigenvalue weighted by Crippen LogP contribution is -2.19. The molecule has 0 aromatic carbocycles. The van der Waals surface area contributed by atoms with Gasteiger partial charge < -0.3 is 5.32 Å². The van der Waals surface area contributed by atoms with Crippen molar-refractivity contribution >= 4 is 11.3 Å². The molecule has 0 radical (unpaired) electrons. The standard InChI is InChI=1S/C11H14N4S/c1-8-5-15-11(16-8)7-14-9(2)10-6-12-3-4-13-10/h3-6,9,14H,7H2,1-2H3. The largest absolute Gasteiger partial charge is 0.302 e. The number of thiazole rings is 1. The molecule has 0 aliphatic heterocycles. The molecule has 16 heavy (non-hydrogen) atoms. The zero-order valence-electron chi connectivity index (χ0n) is 9.34. The Morgan fingerprint density at radius 2 is 2.19 bits per heavy atom. The molecular formula is C11H14N4S. The number of aromatic nitrogens is 3. The second-order valence-corrected chi connectivity index (χ2v) is 4.92. The zero-order chi connectivity index (χ0) is 11.4. The van der Waals surface area contributed by atoms with Gasteiger partial charge in [-0.05, 0) is 13.8 Å². The van der Waals surface area contributed by atoms with Crippen LogP contribution in [0.1, 0.15) is 28.5 Å². The maximum Gasteiger partial charge on any atom is 0.107 e. The van der Waals surface area contributed by atoms with Gasteiger partial charge in [-0.25, -0.2) is 4.98 Å². The fraction of sp³-hybridized carbons (Fsp3) is 0.364. The summed E-state index contributed by atoms with van der Waals surface area (Å²) in [5, 5.41) is 4.48. The zero-order valence-corrected chi connectivity index (χ0v) is 10.2. The Kier molecular flexibility index (Phi) is 3.58. The average molecular weight is 234 g/mol. The van der Waals surface area contributed by atoms with Crippen molar-refractivity contribution in [3.63, 3.8) is 0 Å². The summed E-state index contributed by atoms with van der Waals surface area (Å²) in [6.45, 7) is 4.91. The summed E-state index contributed by atoms with van der Waals surface area (Å²) in [7, 11) is 0. The van der Waals surface area contributed by atoms with E-state index in [-0.39, 0.29) is 6.04 Å². The van der Waals surface area contributed by atoms with Crippen molar-refractivity contribution in [2.24, 2.45) is 0 Å². The van der Waals surface area contributed by atoms with Crippen molar-refractivity contribution in [1.82, 2.24) is 20.3 Å². The molecule has 2 aromatic heterocycles. The van der Waals surface area contributed by atoms with Crippen molar-refractivity contribution in [2.45, 2.75) is 26.4 Å². The Morgan fingerprint density at radius 3 is 2.81 bits per heavy atom. The minimum Gasteiger partial charge on any atom is -0.302 e. The minimum absolute atomic E-state index is 0.193. The highest BCUT2D eigenvalue weighted by Crippen LogP contribution is 2.13. The second-order valence-electron chi connectivity index (χ2n) is 3.60. The molecule has 0 spiro atoms. The predicted octanol–water partition coefficient (Wildman–Crippen LogP) is 2.09. The van der Waals surface area contributed by atoms with Crippen LogP contribution in [0.5, 0.6) is 0 Å². The lowest BCUT2D eigenvalue weighted by atomic mass is 10.2. The molecule has 4 nitrogen and oxygen atoms in total. The van der Waals surface area contributed by atoms with Crippen molar-refractivity contribution < 1.29 is 0 Å². The molecule has 0 fully saturated rings. The van der Waals surface area contributed by atoms with Crippen LogP contribution in [0.2, 0.25) is 0 Å². The summed E-state index contributed by atoms with van der Waals surface area (Å²) in [6, 6.07) is 0.193. The van der Waals surface area contributed by atoms with Crippen molar-refractivity contribution in [2.75, 3.05) is 0 Å². The van der Waals surface area contributed by atoms with Gasteiger partial charge in [0.05, 0.1) is 5.69 Å². The molecule has 5 heteroatoms. The van der Waals surface area contributed by atoms with Gasteiger partial charge in [0.1, 0.15) is 5.01 Å². The number of nitrogens with one attached hydrogen (secondary N) is 1. The third-order valence-corrected chi connectivity index (χ3v) is 3.17. The van der Waals surface area contributed by atoms with Crippen LogP contribution < -0.4 is 5.32 Å². The SMILES string of the molecule is Cc1cnc(CNC(C)c2cnccn2)s1. The van der Waals surface area contributed by atoms with Gasteiger partial charge in [-0.1, -0.05) is 0 Å². The number of rotatable bonds is 4. The van der Waals surface area contributed by atoms with Gasteiger partial charge in [0.15, 0.2) is 0 Å². The summed E-state index contributed by atoms with van der Waals surface area (Å²) < 4.78 is 0. The third-order valence-electron chi connectivity index (χ3n) is 2.26. The first-order chi connectivity index (χ1) is 7.75. The van der Waals surface area contributed by atoms with Gasteiger partial charge in [-0.15, -0.1) is 11.3 Å².